The molecule has 0 aliphatic carbocycles. The molecule has 2 unspecified atom stereocenters. The first-order valence-electron chi connectivity index (χ1n) is 10.6. The van der Waals surface area contributed by atoms with E-state index in [-0.39, 0.29) is 36.3 Å². The lowest BCUT2D eigenvalue weighted by atomic mass is 10.0. The molecule has 0 aromatic carbocycles. The smallest absolute Gasteiger partial charge is 0.329 e. The minimum atomic E-state index is -1.02. The van der Waals surface area contributed by atoms with Crippen LogP contribution in [0.3, 0.4) is 0 Å². The summed E-state index contributed by atoms with van der Waals surface area (Å²) in [7, 11) is 1.35. The van der Waals surface area contributed by atoms with Crippen LogP contribution in [0, 0.1) is 0 Å². The second-order valence-electron chi connectivity index (χ2n) is 7.72. The molecule has 3 atom stereocenters. The van der Waals surface area contributed by atoms with Gasteiger partial charge in [-0.15, -0.1) is 0 Å². The van der Waals surface area contributed by atoms with E-state index in [0.717, 1.165) is 0 Å². The monoisotopic (exact) mass is 476 g/mol. The molecule has 0 spiro atoms. The summed E-state index contributed by atoms with van der Waals surface area (Å²) in [5.41, 5.74) is 0.417. The number of ether oxygens (including phenoxy) is 4. The molecule has 34 heavy (non-hydrogen) atoms. The van der Waals surface area contributed by atoms with Gasteiger partial charge in [-0.3, -0.25) is 9.59 Å². The summed E-state index contributed by atoms with van der Waals surface area (Å²) in [6.45, 7) is 10.1. The first kappa shape index (κ1) is 26.7. The van der Waals surface area contributed by atoms with Crippen molar-refractivity contribution < 1.29 is 37.7 Å². The number of carbonyl (C=O) groups excluding carboxylic acids is 3. The number of halogens is 1. The van der Waals surface area contributed by atoms with Crippen molar-refractivity contribution in [3.8, 4) is 11.5 Å². The highest BCUT2D eigenvalue weighted by molar-refractivity contribution is 5.98. The molecule has 2 heterocycles. The van der Waals surface area contributed by atoms with Crippen molar-refractivity contribution in [2.45, 2.75) is 51.4 Å². The fourth-order valence-electron chi connectivity index (χ4n) is 3.30. The van der Waals surface area contributed by atoms with E-state index in [9.17, 15) is 18.8 Å². The Morgan fingerprint density at radius 3 is 2.74 bits per heavy atom. The van der Waals surface area contributed by atoms with Gasteiger partial charge in [0.05, 0.1) is 13.2 Å². The second kappa shape index (κ2) is 12.6. The van der Waals surface area contributed by atoms with Gasteiger partial charge in [0, 0.05) is 38.6 Å². The summed E-state index contributed by atoms with van der Waals surface area (Å²) in [6, 6.07) is 0.413. The van der Waals surface area contributed by atoms with Crippen LogP contribution in [0.5, 0.6) is 11.5 Å². The number of amides is 1. The van der Waals surface area contributed by atoms with Crippen LogP contribution >= 0.6 is 0 Å². The van der Waals surface area contributed by atoms with Gasteiger partial charge in [0.25, 0.3) is 5.91 Å². The van der Waals surface area contributed by atoms with Crippen LogP contribution in [-0.2, 0) is 19.1 Å². The first-order chi connectivity index (χ1) is 16.1. The summed E-state index contributed by atoms with van der Waals surface area (Å²) in [6.07, 6.45) is 4.14. The Bertz CT molecular complexity index is 976. The van der Waals surface area contributed by atoms with E-state index in [1.54, 1.807) is 6.92 Å². The standard InChI is InChI=1S/C24H29FN2O7/c1-14(6-7-15(2)25)12-18-13-16(3)33-24(30)19(9-11-32-18)27-23(29)21-22(34-17(4)28)20(31-5)8-10-26-21/h6-8,10,16,18-19H,1-2,9,11-13H2,3-5H3,(H,27,29)/b7-6-/t16?,18?,19-/m0/s1. The molecule has 0 saturated carbocycles. The average Bonchev–Trinajstić information content (AvgIpc) is 2.81. The van der Waals surface area contributed by atoms with Gasteiger partial charge in [0.1, 0.15) is 18.0 Å². The lowest BCUT2D eigenvalue weighted by Crippen LogP contribution is -2.43. The highest BCUT2D eigenvalue weighted by atomic mass is 19.1. The highest BCUT2D eigenvalue weighted by Crippen LogP contribution is 2.30. The molecule has 1 N–H and O–H groups in total. The molecule has 1 amide bonds. The zero-order valence-corrected chi connectivity index (χ0v) is 19.5. The molecule has 1 aromatic heterocycles. The summed E-state index contributed by atoms with van der Waals surface area (Å²) in [5, 5.41) is 2.57. The van der Waals surface area contributed by atoms with Gasteiger partial charge in [-0.1, -0.05) is 24.8 Å². The molecule has 9 nitrogen and oxygen atoms in total. The van der Waals surface area contributed by atoms with E-state index in [0.29, 0.717) is 18.4 Å². The molecule has 1 aliphatic heterocycles. The Kier molecular flexibility index (Phi) is 9.93. The summed E-state index contributed by atoms with van der Waals surface area (Å²) >= 11 is 0. The van der Waals surface area contributed by atoms with Crippen LogP contribution in [0.15, 0.2) is 49.0 Å². The maximum absolute atomic E-state index is 12.9. The maximum atomic E-state index is 12.9. The third kappa shape index (κ3) is 8.11. The molecule has 184 valence electrons. The van der Waals surface area contributed by atoms with Gasteiger partial charge < -0.3 is 24.3 Å². The van der Waals surface area contributed by atoms with Crippen molar-refractivity contribution in [2.24, 2.45) is 0 Å². The van der Waals surface area contributed by atoms with Crippen molar-refractivity contribution in [1.29, 1.82) is 0 Å². The number of esters is 2. The maximum Gasteiger partial charge on any atom is 0.329 e. The Labute approximate surface area is 197 Å². The number of pyridine rings is 1. The minimum absolute atomic E-state index is 0.129. The predicted octanol–water partition coefficient (Wildman–Crippen LogP) is 3.21. The zero-order chi connectivity index (χ0) is 25.3. The number of rotatable bonds is 8. The van der Waals surface area contributed by atoms with Crippen molar-refractivity contribution >= 4 is 17.8 Å². The van der Waals surface area contributed by atoms with Crippen LogP contribution in [-0.4, -0.2) is 54.8 Å². The summed E-state index contributed by atoms with van der Waals surface area (Å²) in [4.78, 5) is 41.0. The number of carbonyl (C=O) groups is 3. The van der Waals surface area contributed by atoms with Gasteiger partial charge in [-0.25, -0.2) is 14.2 Å². The number of hydrogen-bond acceptors (Lipinski definition) is 8. The van der Waals surface area contributed by atoms with Crippen LogP contribution in [0.25, 0.3) is 0 Å². The number of aromatic nitrogens is 1. The number of nitrogens with zero attached hydrogens (tertiary/aromatic N) is 1. The number of cyclic esters (lactones) is 1. The number of hydrogen-bond donors (Lipinski definition) is 1. The fourth-order valence-corrected chi connectivity index (χ4v) is 3.30. The topological polar surface area (TPSA) is 113 Å². The van der Waals surface area contributed by atoms with Crippen LogP contribution in [0.1, 0.15) is 43.6 Å². The number of methoxy groups -OCH3 is 1. The van der Waals surface area contributed by atoms with Crippen molar-refractivity contribution in [3.63, 3.8) is 0 Å². The largest absolute Gasteiger partial charge is 0.493 e. The third-order valence-electron chi connectivity index (χ3n) is 4.80. The molecule has 2 rings (SSSR count). The first-order valence-corrected chi connectivity index (χ1v) is 10.6. The van der Waals surface area contributed by atoms with E-state index in [4.69, 9.17) is 18.9 Å². The molecule has 10 heteroatoms. The molecule has 1 fully saturated rings. The lowest BCUT2D eigenvalue weighted by Gasteiger charge is -2.20. The van der Waals surface area contributed by atoms with Gasteiger partial charge in [-0.05, 0) is 19.4 Å². The zero-order valence-electron chi connectivity index (χ0n) is 19.5. The fraction of sp³-hybridized carbons (Fsp3) is 0.417. The van der Waals surface area contributed by atoms with Crippen LogP contribution in [0.2, 0.25) is 0 Å². The van der Waals surface area contributed by atoms with E-state index in [1.807, 2.05) is 0 Å². The molecular weight excluding hydrogens is 447 g/mol. The Balaban J connectivity index is 2.12. The highest BCUT2D eigenvalue weighted by Gasteiger charge is 2.30. The van der Waals surface area contributed by atoms with Gasteiger partial charge in [0.15, 0.2) is 11.4 Å². The molecule has 1 saturated heterocycles. The third-order valence-corrected chi connectivity index (χ3v) is 4.80. The molecule has 1 aliphatic rings. The second-order valence-corrected chi connectivity index (χ2v) is 7.72. The van der Waals surface area contributed by atoms with Crippen LogP contribution in [0.4, 0.5) is 4.39 Å². The van der Waals surface area contributed by atoms with Gasteiger partial charge in [-0.2, -0.15) is 0 Å². The van der Waals surface area contributed by atoms with E-state index in [2.05, 4.69) is 23.5 Å². The molecule has 0 bridgehead atoms. The molecular formula is C24H29FN2O7. The van der Waals surface area contributed by atoms with Crippen molar-refractivity contribution in [2.75, 3.05) is 13.7 Å². The van der Waals surface area contributed by atoms with Gasteiger partial charge >= 0.3 is 11.9 Å². The average molecular weight is 477 g/mol. The van der Waals surface area contributed by atoms with E-state index < -0.39 is 35.8 Å². The Hall–Kier alpha value is -3.53. The molecule has 0 radical (unpaired) electrons. The summed E-state index contributed by atoms with van der Waals surface area (Å²) in [5.74, 6) is -2.64. The Morgan fingerprint density at radius 1 is 1.35 bits per heavy atom. The molecule has 1 aromatic rings. The van der Waals surface area contributed by atoms with Crippen LogP contribution < -0.4 is 14.8 Å². The van der Waals surface area contributed by atoms with Crippen molar-refractivity contribution in [1.82, 2.24) is 10.3 Å². The van der Waals surface area contributed by atoms with Gasteiger partial charge in [0.2, 0.25) is 5.75 Å². The van der Waals surface area contributed by atoms with Crippen molar-refractivity contribution in [3.05, 3.63) is 54.7 Å². The number of allylic oxidation sites excluding steroid dienone is 3. The quantitative estimate of drug-likeness (QED) is 0.450. The van der Waals surface area contributed by atoms with E-state index in [1.165, 1.54) is 38.4 Å². The minimum Gasteiger partial charge on any atom is -0.493 e. The SMILES string of the molecule is C=C(F)/C=C\C(=C)CC1CC(C)OC(=O)[C@@H](NC(=O)c2nccc(OC)c2OC(C)=O)CCO1. The van der Waals surface area contributed by atoms with E-state index >= 15 is 0 Å². The predicted molar refractivity (Wildman–Crippen MR) is 121 cm³/mol. The summed E-state index contributed by atoms with van der Waals surface area (Å²) < 4.78 is 34.5. The normalized spacial score (nSPS) is 20.9. The number of nitrogens with one attached hydrogen (secondary N) is 1. The Morgan fingerprint density at radius 2 is 2.09 bits per heavy atom. The lowest BCUT2D eigenvalue weighted by molar-refractivity contribution is -0.151.